The third kappa shape index (κ3) is 7.15. The summed E-state index contributed by atoms with van der Waals surface area (Å²) in [5, 5.41) is 0. The van der Waals surface area contributed by atoms with Crippen LogP contribution in [0.15, 0.2) is 0 Å². The average Bonchev–Trinajstić information content (AvgIpc) is 2.04. The van der Waals surface area contributed by atoms with Crippen molar-refractivity contribution >= 4 is 15.9 Å². The van der Waals surface area contributed by atoms with E-state index in [-0.39, 0.29) is 0 Å². The van der Waals surface area contributed by atoms with Crippen LogP contribution in [0.25, 0.3) is 0 Å². The molecule has 0 N–H and O–H groups in total. The monoisotopic (exact) mass is 234 g/mol. The molecule has 0 bridgehead atoms. The van der Waals surface area contributed by atoms with Gasteiger partial charge < -0.3 is 0 Å². The zero-order valence-electron chi connectivity index (χ0n) is 8.78. The summed E-state index contributed by atoms with van der Waals surface area (Å²) >= 11 is 3.71. The molecule has 0 spiro atoms. The largest absolute Gasteiger partial charge is 0.0891 e. The normalized spacial score (nSPS) is 16.0. The van der Waals surface area contributed by atoms with Crippen LogP contribution in [0.3, 0.4) is 0 Å². The zero-order valence-corrected chi connectivity index (χ0v) is 10.4. The van der Waals surface area contributed by atoms with Gasteiger partial charge in [-0.25, -0.2) is 0 Å². The second kappa shape index (κ2) is 8.10. The van der Waals surface area contributed by atoms with Gasteiger partial charge in [0.1, 0.15) is 0 Å². The van der Waals surface area contributed by atoms with Gasteiger partial charge in [0.2, 0.25) is 0 Å². The first-order chi connectivity index (χ1) is 5.70. The van der Waals surface area contributed by atoms with Crippen molar-refractivity contribution in [2.75, 3.05) is 0 Å². The SMILES string of the molecule is CCCC(Br)CCCC(C)CC. The fraction of sp³-hybridized carbons (Fsp3) is 1.00. The van der Waals surface area contributed by atoms with Crippen LogP contribution >= 0.6 is 15.9 Å². The summed E-state index contributed by atoms with van der Waals surface area (Å²) in [7, 11) is 0. The van der Waals surface area contributed by atoms with Gasteiger partial charge in [0.15, 0.2) is 0 Å². The lowest BCUT2D eigenvalue weighted by Crippen LogP contribution is -1.99. The summed E-state index contributed by atoms with van der Waals surface area (Å²) in [4.78, 5) is 0.770. The van der Waals surface area contributed by atoms with Gasteiger partial charge in [0.25, 0.3) is 0 Å². The van der Waals surface area contributed by atoms with E-state index in [1.54, 1.807) is 0 Å². The van der Waals surface area contributed by atoms with Gasteiger partial charge >= 0.3 is 0 Å². The molecule has 0 radical (unpaired) electrons. The fourth-order valence-corrected chi connectivity index (χ4v) is 2.13. The van der Waals surface area contributed by atoms with Crippen molar-refractivity contribution in [2.45, 2.75) is 64.1 Å². The highest BCUT2D eigenvalue weighted by Crippen LogP contribution is 2.18. The minimum atomic E-state index is 0.770. The fourth-order valence-electron chi connectivity index (χ4n) is 1.35. The number of rotatable bonds is 7. The van der Waals surface area contributed by atoms with E-state index in [0.29, 0.717) is 0 Å². The topological polar surface area (TPSA) is 0 Å². The number of hydrogen-bond acceptors (Lipinski definition) is 0. The highest BCUT2D eigenvalue weighted by molar-refractivity contribution is 9.09. The van der Waals surface area contributed by atoms with Crippen LogP contribution < -0.4 is 0 Å². The predicted molar refractivity (Wildman–Crippen MR) is 60.9 cm³/mol. The van der Waals surface area contributed by atoms with E-state index < -0.39 is 0 Å². The molecule has 2 unspecified atom stereocenters. The van der Waals surface area contributed by atoms with Gasteiger partial charge in [-0.05, 0) is 18.8 Å². The van der Waals surface area contributed by atoms with Crippen LogP contribution in [-0.4, -0.2) is 4.83 Å². The molecule has 74 valence electrons. The second-order valence-electron chi connectivity index (χ2n) is 3.83. The van der Waals surface area contributed by atoms with Crippen LogP contribution in [0.2, 0.25) is 0 Å². The third-order valence-electron chi connectivity index (χ3n) is 2.51. The Kier molecular flexibility index (Phi) is 8.42. The molecule has 12 heavy (non-hydrogen) atoms. The summed E-state index contributed by atoms with van der Waals surface area (Å²) in [6.45, 7) is 6.88. The Morgan fingerprint density at radius 1 is 1.08 bits per heavy atom. The molecular weight excluding hydrogens is 212 g/mol. The van der Waals surface area contributed by atoms with Crippen molar-refractivity contribution in [3.63, 3.8) is 0 Å². The Morgan fingerprint density at radius 2 is 1.75 bits per heavy atom. The van der Waals surface area contributed by atoms with Crippen LogP contribution in [0.5, 0.6) is 0 Å². The molecule has 0 nitrogen and oxygen atoms in total. The molecule has 0 heterocycles. The van der Waals surface area contributed by atoms with Gasteiger partial charge in [-0.15, -0.1) is 0 Å². The van der Waals surface area contributed by atoms with Gasteiger partial charge in [-0.3, -0.25) is 0 Å². The minimum Gasteiger partial charge on any atom is -0.0891 e. The van der Waals surface area contributed by atoms with Crippen molar-refractivity contribution in [1.29, 1.82) is 0 Å². The maximum absolute atomic E-state index is 3.71. The predicted octanol–water partition coefficient (Wildman–Crippen LogP) is 4.77. The Hall–Kier alpha value is 0.480. The maximum atomic E-state index is 3.71. The Bertz CT molecular complexity index is 91.0. The molecule has 0 saturated heterocycles. The summed E-state index contributed by atoms with van der Waals surface area (Å²) in [6.07, 6.45) is 8.13. The second-order valence-corrected chi connectivity index (χ2v) is 5.13. The van der Waals surface area contributed by atoms with Crippen LogP contribution in [0, 0.1) is 5.92 Å². The van der Waals surface area contributed by atoms with Gasteiger partial charge in [0.05, 0.1) is 0 Å². The van der Waals surface area contributed by atoms with E-state index in [9.17, 15) is 0 Å². The zero-order chi connectivity index (χ0) is 9.40. The first-order valence-corrected chi connectivity index (χ1v) is 6.26. The number of hydrogen-bond donors (Lipinski definition) is 0. The molecule has 0 amide bonds. The summed E-state index contributed by atoms with van der Waals surface area (Å²) in [5.41, 5.74) is 0. The Morgan fingerprint density at radius 3 is 2.25 bits per heavy atom. The van der Waals surface area contributed by atoms with Gasteiger partial charge in [0, 0.05) is 4.83 Å². The molecule has 0 aliphatic heterocycles. The van der Waals surface area contributed by atoms with E-state index >= 15 is 0 Å². The van der Waals surface area contributed by atoms with E-state index in [1.165, 1.54) is 38.5 Å². The molecule has 2 atom stereocenters. The highest BCUT2D eigenvalue weighted by atomic mass is 79.9. The van der Waals surface area contributed by atoms with Crippen LogP contribution in [0.1, 0.15) is 59.3 Å². The smallest absolute Gasteiger partial charge is 0.0145 e. The Balaban J connectivity index is 3.18. The van der Waals surface area contributed by atoms with E-state index in [4.69, 9.17) is 0 Å². The van der Waals surface area contributed by atoms with Crippen LogP contribution in [-0.2, 0) is 0 Å². The minimum absolute atomic E-state index is 0.770. The summed E-state index contributed by atoms with van der Waals surface area (Å²) < 4.78 is 0. The van der Waals surface area contributed by atoms with E-state index in [2.05, 4.69) is 36.7 Å². The average molecular weight is 235 g/mol. The molecule has 0 aliphatic carbocycles. The molecule has 0 aliphatic rings. The summed E-state index contributed by atoms with van der Waals surface area (Å²) in [5.74, 6) is 0.923. The van der Waals surface area contributed by atoms with Crippen LogP contribution in [0.4, 0.5) is 0 Å². The van der Waals surface area contributed by atoms with Crippen molar-refractivity contribution < 1.29 is 0 Å². The van der Waals surface area contributed by atoms with E-state index in [0.717, 1.165) is 10.7 Å². The molecule has 0 fully saturated rings. The lowest BCUT2D eigenvalue weighted by molar-refractivity contribution is 0.478. The highest BCUT2D eigenvalue weighted by Gasteiger charge is 2.03. The van der Waals surface area contributed by atoms with Crippen molar-refractivity contribution in [3.8, 4) is 0 Å². The van der Waals surface area contributed by atoms with Crippen molar-refractivity contribution in [2.24, 2.45) is 5.92 Å². The standard InChI is InChI=1S/C11H23Br/c1-4-7-11(12)9-6-8-10(3)5-2/h10-11H,4-9H2,1-3H3. The lowest BCUT2D eigenvalue weighted by Gasteiger charge is -2.10. The van der Waals surface area contributed by atoms with Gasteiger partial charge in [-0.1, -0.05) is 62.4 Å². The lowest BCUT2D eigenvalue weighted by atomic mass is 10.0. The molecule has 0 aromatic rings. The van der Waals surface area contributed by atoms with Gasteiger partial charge in [-0.2, -0.15) is 0 Å². The summed E-state index contributed by atoms with van der Waals surface area (Å²) in [6, 6.07) is 0. The van der Waals surface area contributed by atoms with E-state index in [1.807, 2.05) is 0 Å². The third-order valence-corrected chi connectivity index (χ3v) is 3.43. The first kappa shape index (κ1) is 12.5. The molecule has 0 saturated carbocycles. The molecule has 0 rings (SSSR count). The molecule has 1 heteroatoms. The first-order valence-electron chi connectivity index (χ1n) is 5.34. The number of halogens is 1. The molecule has 0 aromatic heterocycles. The van der Waals surface area contributed by atoms with Crippen molar-refractivity contribution in [1.82, 2.24) is 0 Å². The quantitative estimate of drug-likeness (QED) is 0.558. The molecular formula is C11H23Br. The maximum Gasteiger partial charge on any atom is 0.0145 e. The van der Waals surface area contributed by atoms with Crippen molar-refractivity contribution in [3.05, 3.63) is 0 Å². The molecule has 0 aromatic carbocycles. The number of alkyl halides is 1. The Labute approximate surface area is 86.3 Å².